The molecule has 0 spiro atoms. The monoisotopic (exact) mass is 283 g/mol. The summed E-state index contributed by atoms with van der Waals surface area (Å²) in [6.45, 7) is 0. The number of carbonyl (C=O) groups is 1. The fourth-order valence-corrected chi connectivity index (χ4v) is 2.72. The molecule has 1 atom stereocenters. The van der Waals surface area contributed by atoms with Crippen LogP contribution in [0.1, 0.15) is 33.9 Å². The number of aromatic nitrogens is 1. The van der Waals surface area contributed by atoms with E-state index in [1.54, 1.807) is 19.3 Å². The smallest absolute Gasteiger partial charge is 0.252 e. The normalized spacial score (nSPS) is 16.5. The lowest BCUT2D eigenvalue weighted by Gasteiger charge is -2.14. The van der Waals surface area contributed by atoms with Crippen molar-refractivity contribution in [3.8, 4) is 0 Å². The van der Waals surface area contributed by atoms with Crippen LogP contribution in [0.2, 0.25) is 0 Å². The zero-order valence-electron chi connectivity index (χ0n) is 11.8. The third-order valence-electron chi connectivity index (χ3n) is 3.92. The first-order valence-corrected chi connectivity index (χ1v) is 6.90. The van der Waals surface area contributed by atoms with Crippen LogP contribution in [0.15, 0.2) is 41.3 Å². The molecule has 0 fully saturated rings. The Kier molecular flexibility index (Phi) is 3.25. The van der Waals surface area contributed by atoms with E-state index in [2.05, 4.69) is 5.32 Å². The Morgan fingerprint density at radius 1 is 1.33 bits per heavy atom. The Morgan fingerprint density at radius 2 is 2.14 bits per heavy atom. The molecule has 0 saturated heterocycles. The summed E-state index contributed by atoms with van der Waals surface area (Å²) in [5.41, 5.74) is 9.01. The summed E-state index contributed by atoms with van der Waals surface area (Å²) in [4.78, 5) is 23.8. The molecule has 3 rings (SSSR count). The number of nitrogens with zero attached hydrogens (tertiary/aromatic N) is 1. The first kappa shape index (κ1) is 13.4. The number of anilines is 1. The van der Waals surface area contributed by atoms with E-state index in [-0.39, 0.29) is 17.5 Å². The number of carbonyl (C=O) groups excluding carboxylic acids is 1. The zero-order chi connectivity index (χ0) is 15.0. The molecule has 1 aliphatic carbocycles. The number of nitrogens with one attached hydrogen (secondary N) is 1. The maximum atomic E-state index is 12.3. The molecule has 5 nitrogen and oxygen atoms in total. The molecule has 0 bridgehead atoms. The molecule has 1 aliphatic rings. The lowest BCUT2D eigenvalue weighted by atomic mass is 10.1. The summed E-state index contributed by atoms with van der Waals surface area (Å²) in [5, 5.41) is 2.99. The summed E-state index contributed by atoms with van der Waals surface area (Å²) < 4.78 is 1.43. The Balaban J connectivity index is 1.81. The molecular weight excluding hydrogens is 266 g/mol. The van der Waals surface area contributed by atoms with Gasteiger partial charge in [-0.1, -0.05) is 6.07 Å². The van der Waals surface area contributed by atoms with E-state index in [0.29, 0.717) is 5.56 Å². The average Bonchev–Trinajstić information content (AvgIpc) is 2.84. The number of hydrogen-bond acceptors (Lipinski definition) is 3. The van der Waals surface area contributed by atoms with Crippen molar-refractivity contribution < 1.29 is 4.79 Å². The Bertz CT molecular complexity index is 764. The van der Waals surface area contributed by atoms with Crippen LogP contribution in [0.3, 0.4) is 0 Å². The van der Waals surface area contributed by atoms with E-state index >= 15 is 0 Å². The van der Waals surface area contributed by atoms with Gasteiger partial charge in [0.2, 0.25) is 0 Å². The minimum absolute atomic E-state index is 0.0165. The Hall–Kier alpha value is -2.56. The van der Waals surface area contributed by atoms with Crippen molar-refractivity contribution in [1.82, 2.24) is 9.88 Å². The van der Waals surface area contributed by atoms with Gasteiger partial charge in [0, 0.05) is 30.6 Å². The first-order valence-electron chi connectivity index (χ1n) is 6.90. The van der Waals surface area contributed by atoms with Crippen molar-refractivity contribution in [3.63, 3.8) is 0 Å². The number of nitrogens with two attached hydrogens (primary N) is 1. The minimum atomic E-state index is -0.220. The SMILES string of the molecule is Cn1ccc(C(=O)NC2CCc3cc(N)ccc32)cc1=O. The second kappa shape index (κ2) is 5.09. The van der Waals surface area contributed by atoms with Crippen LogP contribution in [0.25, 0.3) is 0 Å². The van der Waals surface area contributed by atoms with Gasteiger partial charge < -0.3 is 15.6 Å². The highest BCUT2D eigenvalue weighted by molar-refractivity contribution is 5.94. The van der Waals surface area contributed by atoms with E-state index < -0.39 is 0 Å². The molecule has 108 valence electrons. The maximum absolute atomic E-state index is 12.3. The lowest BCUT2D eigenvalue weighted by molar-refractivity contribution is 0.0936. The molecule has 1 aromatic carbocycles. The number of amides is 1. The van der Waals surface area contributed by atoms with Gasteiger partial charge in [-0.2, -0.15) is 0 Å². The average molecular weight is 283 g/mol. The number of rotatable bonds is 2. The number of fused-ring (bicyclic) bond motifs is 1. The Labute approximate surface area is 122 Å². The van der Waals surface area contributed by atoms with Crippen molar-refractivity contribution in [3.05, 3.63) is 63.6 Å². The molecule has 1 aromatic heterocycles. The van der Waals surface area contributed by atoms with Crippen LogP contribution < -0.4 is 16.6 Å². The van der Waals surface area contributed by atoms with Gasteiger partial charge in [-0.25, -0.2) is 0 Å². The van der Waals surface area contributed by atoms with E-state index in [4.69, 9.17) is 5.73 Å². The molecule has 1 unspecified atom stereocenters. The predicted molar refractivity (Wildman–Crippen MR) is 81.1 cm³/mol. The topological polar surface area (TPSA) is 77.1 Å². The summed E-state index contributed by atoms with van der Waals surface area (Å²) >= 11 is 0. The van der Waals surface area contributed by atoms with Gasteiger partial charge in [0.1, 0.15) is 0 Å². The maximum Gasteiger partial charge on any atom is 0.252 e. The predicted octanol–water partition coefficient (Wildman–Crippen LogP) is 1.38. The second-order valence-electron chi connectivity index (χ2n) is 5.39. The molecule has 1 heterocycles. The summed E-state index contributed by atoms with van der Waals surface area (Å²) in [6.07, 6.45) is 3.36. The van der Waals surface area contributed by atoms with E-state index in [0.717, 1.165) is 24.1 Å². The molecule has 5 heteroatoms. The van der Waals surface area contributed by atoms with E-state index in [1.165, 1.54) is 16.2 Å². The van der Waals surface area contributed by atoms with Crippen molar-refractivity contribution in [2.24, 2.45) is 7.05 Å². The van der Waals surface area contributed by atoms with Gasteiger partial charge in [0.25, 0.3) is 11.5 Å². The van der Waals surface area contributed by atoms with Crippen LogP contribution in [-0.4, -0.2) is 10.5 Å². The number of hydrogen-bond donors (Lipinski definition) is 2. The van der Waals surface area contributed by atoms with Gasteiger partial charge in [-0.3, -0.25) is 9.59 Å². The van der Waals surface area contributed by atoms with Crippen molar-refractivity contribution in [1.29, 1.82) is 0 Å². The number of nitrogen functional groups attached to an aromatic ring is 1. The molecule has 1 amide bonds. The molecule has 2 aromatic rings. The third-order valence-corrected chi connectivity index (χ3v) is 3.92. The van der Waals surface area contributed by atoms with Gasteiger partial charge in [0.15, 0.2) is 0 Å². The first-order chi connectivity index (χ1) is 10.0. The van der Waals surface area contributed by atoms with Gasteiger partial charge >= 0.3 is 0 Å². The van der Waals surface area contributed by atoms with Crippen LogP contribution in [-0.2, 0) is 13.5 Å². The van der Waals surface area contributed by atoms with Crippen LogP contribution in [0.5, 0.6) is 0 Å². The van der Waals surface area contributed by atoms with Gasteiger partial charge in [0.05, 0.1) is 6.04 Å². The molecule has 0 aliphatic heterocycles. The lowest BCUT2D eigenvalue weighted by Crippen LogP contribution is -2.28. The Morgan fingerprint density at radius 3 is 2.90 bits per heavy atom. The molecule has 3 N–H and O–H groups in total. The summed E-state index contributed by atoms with van der Waals surface area (Å²) in [5.74, 6) is -0.220. The van der Waals surface area contributed by atoms with Crippen molar-refractivity contribution >= 4 is 11.6 Å². The summed E-state index contributed by atoms with van der Waals surface area (Å²) in [6, 6.07) is 8.76. The largest absolute Gasteiger partial charge is 0.399 e. The second-order valence-corrected chi connectivity index (χ2v) is 5.39. The highest BCUT2D eigenvalue weighted by atomic mass is 16.2. The van der Waals surface area contributed by atoms with Gasteiger partial charge in [-0.15, -0.1) is 0 Å². The standard InChI is InChI=1S/C16H17N3O2/c1-19-7-6-11(9-15(19)20)16(21)18-14-5-2-10-8-12(17)3-4-13(10)14/h3-4,6-9,14H,2,5,17H2,1H3,(H,18,21). The molecule has 0 saturated carbocycles. The molecular formula is C16H17N3O2. The highest BCUT2D eigenvalue weighted by Gasteiger charge is 2.24. The quantitative estimate of drug-likeness (QED) is 0.818. The van der Waals surface area contributed by atoms with Crippen molar-refractivity contribution in [2.75, 3.05) is 5.73 Å². The van der Waals surface area contributed by atoms with Gasteiger partial charge in [-0.05, 0) is 42.2 Å². The van der Waals surface area contributed by atoms with Crippen LogP contribution >= 0.6 is 0 Å². The number of aryl methyl sites for hydroxylation is 2. The number of pyridine rings is 1. The van der Waals surface area contributed by atoms with Crippen LogP contribution in [0, 0.1) is 0 Å². The highest BCUT2D eigenvalue weighted by Crippen LogP contribution is 2.32. The fourth-order valence-electron chi connectivity index (χ4n) is 2.72. The molecule has 21 heavy (non-hydrogen) atoms. The summed E-state index contributed by atoms with van der Waals surface area (Å²) in [7, 11) is 1.65. The van der Waals surface area contributed by atoms with Crippen LogP contribution in [0.4, 0.5) is 5.69 Å². The van der Waals surface area contributed by atoms with Crippen molar-refractivity contribution in [2.45, 2.75) is 18.9 Å². The minimum Gasteiger partial charge on any atom is -0.399 e. The van der Waals surface area contributed by atoms with E-state index in [9.17, 15) is 9.59 Å². The molecule has 0 radical (unpaired) electrons. The zero-order valence-corrected chi connectivity index (χ0v) is 11.8. The van der Waals surface area contributed by atoms with E-state index in [1.807, 2.05) is 18.2 Å². The number of benzene rings is 1. The fraction of sp³-hybridized carbons (Fsp3) is 0.250. The third kappa shape index (κ3) is 2.54.